The van der Waals surface area contributed by atoms with Crippen molar-refractivity contribution >= 4 is 0 Å². The average molecular weight is 499 g/mol. The molecule has 0 atom stereocenters. The molecule has 0 spiro atoms. The summed E-state index contributed by atoms with van der Waals surface area (Å²) in [6.45, 7) is 28.5. The van der Waals surface area contributed by atoms with E-state index >= 15 is 0 Å². The molecule has 0 nitrogen and oxygen atoms in total. The molecule has 210 valence electrons. The van der Waals surface area contributed by atoms with Crippen molar-refractivity contribution in [2.75, 3.05) is 0 Å². The van der Waals surface area contributed by atoms with Gasteiger partial charge in [-0.15, -0.1) is 0 Å². The summed E-state index contributed by atoms with van der Waals surface area (Å²) in [5, 5.41) is 0. The van der Waals surface area contributed by atoms with Crippen molar-refractivity contribution in [3.05, 3.63) is 33.4 Å². The molecule has 0 bridgehead atoms. The van der Waals surface area contributed by atoms with Gasteiger partial charge in [0.15, 0.2) is 0 Å². The highest BCUT2D eigenvalue weighted by atomic mass is 14.5. The Hall–Kier alpha value is -0.780. The predicted octanol–water partition coefficient (Wildman–Crippen LogP) is 11.2. The van der Waals surface area contributed by atoms with E-state index in [-0.39, 0.29) is 0 Å². The molecule has 0 heteroatoms. The van der Waals surface area contributed by atoms with Crippen molar-refractivity contribution in [1.82, 2.24) is 0 Å². The van der Waals surface area contributed by atoms with Crippen LogP contribution in [-0.2, 0) is 38.5 Å². The van der Waals surface area contributed by atoms with Crippen molar-refractivity contribution in [3.63, 3.8) is 0 Å². The highest BCUT2D eigenvalue weighted by Crippen LogP contribution is 2.52. The van der Waals surface area contributed by atoms with Crippen LogP contribution < -0.4 is 0 Å². The van der Waals surface area contributed by atoms with Gasteiger partial charge in [0.2, 0.25) is 0 Å². The van der Waals surface area contributed by atoms with Crippen LogP contribution >= 0.6 is 0 Å². The number of rotatable bonds is 12. The maximum absolute atomic E-state index is 2.43. The Morgan fingerprint density at radius 3 is 0.417 bits per heavy atom. The second-order valence-electron chi connectivity index (χ2n) is 11.4. The first-order valence-corrected chi connectivity index (χ1v) is 16.6. The molecule has 36 heavy (non-hydrogen) atoms. The Bertz CT molecular complexity index is 546. The number of benzene rings is 1. The zero-order valence-corrected chi connectivity index (χ0v) is 26.9. The average Bonchev–Trinajstić information content (AvgIpc) is 2.93. The van der Waals surface area contributed by atoms with Crippen molar-refractivity contribution in [2.24, 2.45) is 35.5 Å². The van der Waals surface area contributed by atoms with Gasteiger partial charge in [-0.05, 0) is 107 Å². The Morgan fingerprint density at radius 1 is 0.250 bits per heavy atom. The zero-order chi connectivity index (χ0) is 27.4. The topological polar surface area (TPSA) is 0 Å². The minimum atomic E-state index is 0.998. The van der Waals surface area contributed by atoms with E-state index in [0.717, 1.165) is 35.5 Å². The molecule has 0 heterocycles. The summed E-state index contributed by atoms with van der Waals surface area (Å²) in [6, 6.07) is 0. The standard InChI is InChI=1S/C18H36.C18H30/c2*1-7-13-14(8-2)16(10-4)18(12-6)17(11-5)15(13)9-3/h13-18H,7-12H2,1-6H3;7-12H2,1-6H3. The third kappa shape index (κ3) is 6.80. The quantitative estimate of drug-likeness (QED) is 0.269. The maximum Gasteiger partial charge on any atom is -0.0302 e. The third-order valence-corrected chi connectivity index (χ3v) is 10.4. The van der Waals surface area contributed by atoms with Crippen LogP contribution in [0.5, 0.6) is 0 Å². The SMILES string of the molecule is CCC1C(CC)C(CC)C(CC)C(CC)C1CC.CCc1c(CC)c(CC)c(CC)c(CC)c1CC. The van der Waals surface area contributed by atoms with Crippen LogP contribution in [0.15, 0.2) is 0 Å². The Balaban J connectivity index is 0.000000360. The van der Waals surface area contributed by atoms with E-state index in [9.17, 15) is 0 Å². The molecular formula is C36H66. The fraction of sp³-hybridized carbons (Fsp3) is 0.833. The van der Waals surface area contributed by atoms with Crippen molar-refractivity contribution in [2.45, 2.75) is 160 Å². The minimum Gasteiger partial charge on any atom is -0.0651 e. The lowest BCUT2D eigenvalue weighted by Gasteiger charge is -2.52. The molecule has 1 aliphatic carbocycles. The van der Waals surface area contributed by atoms with Gasteiger partial charge < -0.3 is 0 Å². The van der Waals surface area contributed by atoms with Crippen LogP contribution in [-0.4, -0.2) is 0 Å². The monoisotopic (exact) mass is 499 g/mol. The summed E-state index contributed by atoms with van der Waals surface area (Å²) in [5.41, 5.74) is 9.95. The summed E-state index contributed by atoms with van der Waals surface area (Å²) in [4.78, 5) is 0. The van der Waals surface area contributed by atoms with Gasteiger partial charge in [0.25, 0.3) is 0 Å². The highest BCUT2D eigenvalue weighted by Gasteiger charge is 2.45. The molecule has 1 fully saturated rings. The van der Waals surface area contributed by atoms with E-state index in [4.69, 9.17) is 0 Å². The Kier molecular flexibility index (Phi) is 15.6. The molecule has 0 aliphatic heterocycles. The van der Waals surface area contributed by atoms with Crippen LogP contribution in [0.2, 0.25) is 0 Å². The second-order valence-corrected chi connectivity index (χ2v) is 11.4. The van der Waals surface area contributed by atoms with Gasteiger partial charge in [-0.25, -0.2) is 0 Å². The predicted molar refractivity (Wildman–Crippen MR) is 165 cm³/mol. The van der Waals surface area contributed by atoms with Crippen molar-refractivity contribution < 1.29 is 0 Å². The smallest absolute Gasteiger partial charge is 0.0302 e. The summed E-state index contributed by atoms with van der Waals surface area (Å²) >= 11 is 0. The Labute approximate surface area is 228 Å². The largest absolute Gasteiger partial charge is 0.0651 e. The molecule has 0 amide bonds. The summed E-state index contributed by atoms with van der Waals surface area (Å²) < 4.78 is 0. The van der Waals surface area contributed by atoms with Gasteiger partial charge >= 0.3 is 0 Å². The molecule has 0 N–H and O–H groups in total. The molecule has 1 saturated carbocycles. The molecule has 2 rings (SSSR count). The maximum atomic E-state index is 2.43. The van der Waals surface area contributed by atoms with Gasteiger partial charge in [0.1, 0.15) is 0 Å². The first kappa shape index (κ1) is 33.2. The van der Waals surface area contributed by atoms with Crippen molar-refractivity contribution in [3.8, 4) is 0 Å². The molecule has 1 aliphatic rings. The normalized spacial score (nSPS) is 26.0. The summed E-state index contributed by atoms with van der Waals surface area (Å²) in [7, 11) is 0. The fourth-order valence-corrected chi connectivity index (χ4v) is 9.19. The number of hydrogen-bond acceptors (Lipinski definition) is 0. The van der Waals surface area contributed by atoms with E-state index < -0.39 is 0 Å². The fourth-order valence-electron chi connectivity index (χ4n) is 9.19. The Morgan fingerprint density at radius 2 is 0.361 bits per heavy atom. The summed E-state index contributed by atoms with van der Waals surface area (Å²) in [5.74, 6) is 5.99. The first-order chi connectivity index (χ1) is 17.4. The van der Waals surface area contributed by atoms with Crippen LogP contribution in [0.1, 0.15) is 155 Å². The minimum absolute atomic E-state index is 0.998. The van der Waals surface area contributed by atoms with Crippen LogP contribution in [0.3, 0.4) is 0 Å². The van der Waals surface area contributed by atoms with Crippen LogP contribution in [0.25, 0.3) is 0 Å². The highest BCUT2D eigenvalue weighted by molar-refractivity contribution is 5.52. The van der Waals surface area contributed by atoms with Gasteiger partial charge in [-0.3, -0.25) is 0 Å². The lowest BCUT2D eigenvalue weighted by molar-refractivity contribution is -0.0323. The molecule has 0 radical (unpaired) electrons. The number of hydrogen-bond donors (Lipinski definition) is 0. The van der Waals surface area contributed by atoms with E-state index in [1.165, 1.54) is 77.0 Å². The second kappa shape index (κ2) is 16.9. The van der Waals surface area contributed by atoms with Crippen LogP contribution in [0.4, 0.5) is 0 Å². The summed E-state index contributed by atoms with van der Waals surface area (Å²) in [6.07, 6.45) is 15.6. The molecule has 0 unspecified atom stereocenters. The van der Waals surface area contributed by atoms with Gasteiger partial charge in [0, 0.05) is 0 Å². The molecule has 0 saturated heterocycles. The van der Waals surface area contributed by atoms with Gasteiger partial charge in [0.05, 0.1) is 0 Å². The lowest BCUT2D eigenvalue weighted by atomic mass is 9.53. The molecule has 1 aromatic rings. The van der Waals surface area contributed by atoms with E-state index in [2.05, 4.69) is 83.1 Å². The lowest BCUT2D eigenvalue weighted by Crippen LogP contribution is -2.45. The van der Waals surface area contributed by atoms with Crippen LogP contribution in [0, 0.1) is 35.5 Å². The van der Waals surface area contributed by atoms with Crippen molar-refractivity contribution in [1.29, 1.82) is 0 Å². The van der Waals surface area contributed by atoms with Gasteiger partial charge in [-0.2, -0.15) is 0 Å². The van der Waals surface area contributed by atoms with Gasteiger partial charge in [-0.1, -0.05) is 122 Å². The third-order valence-electron chi connectivity index (χ3n) is 10.4. The molecule has 0 aromatic heterocycles. The zero-order valence-electron chi connectivity index (χ0n) is 26.9. The van der Waals surface area contributed by atoms with E-state index in [0.29, 0.717) is 0 Å². The first-order valence-electron chi connectivity index (χ1n) is 16.6. The molecular weight excluding hydrogens is 432 g/mol. The molecule has 1 aromatic carbocycles. The van der Waals surface area contributed by atoms with E-state index in [1.54, 1.807) is 33.4 Å². The van der Waals surface area contributed by atoms with E-state index in [1.807, 2.05) is 0 Å².